The normalized spacial score (nSPS) is 25.8. The second-order valence-electron chi connectivity index (χ2n) is 11.6. The van der Waals surface area contributed by atoms with Crippen molar-refractivity contribution in [3.63, 3.8) is 0 Å². The molecule has 2 fully saturated rings. The number of likely N-dealkylation sites (N-methyl/N-ethyl adjacent to an activating group) is 1. The van der Waals surface area contributed by atoms with E-state index in [0.29, 0.717) is 29.9 Å². The summed E-state index contributed by atoms with van der Waals surface area (Å²) in [5.74, 6) is 1.01. The summed E-state index contributed by atoms with van der Waals surface area (Å²) < 4.78 is 46.9. The molecule has 1 atom stereocenters. The average Bonchev–Trinajstić information content (AvgIpc) is 3.22. The molecule has 210 valence electrons. The molecule has 10 heteroatoms. The summed E-state index contributed by atoms with van der Waals surface area (Å²) in [4.78, 5) is 8.22. The molecule has 0 radical (unpaired) electrons. The highest BCUT2D eigenvalue weighted by atomic mass is 19.4. The fourth-order valence-corrected chi connectivity index (χ4v) is 6.54. The molecular formula is C29H37F3N6O. The Morgan fingerprint density at radius 3 is 2.69 bits per heavy atom. The Morgan fingerprint density at radius 2 is 1.95 bits per heavy atom. The number of nitrogens with zero attached hydrogens (tertiary/aromatic N) is 5. The van der Waals surface area contributed by atoms with Crippen LogP contribution in [-0.2, 0) is 10.9 Å². The topological polar surface area (TPSA) is 56.2 Å². The number of nitrogens with one attached hydrogen (secondary N) is 1. The third-order valence-corrected chi connectivity index (χ3v) is 8.81. The third kappa shape index (κ3) is 5.09. The largest absolute Gasteiger partial charge is 0.433 e. The van der Waals surface area contributed by atoms with Crippen LogP contribution >= 0.6 is 0 Å². The lowest BCUT2D eigenvalue weighted by Crippen LogP contribution is -2.51. The molecule has 5 aliphatic heterocycles. The first-order valence-electron chi connectivity index (χ1n) is 14.1. The van der Waals surface area contributed by atoms with Gasteiger partial charge in [0.15, 0.2) is 5.84 Å². The second-order valence-corrected chi connectivity index (χ2v) is 11.6. The molecule has 39 heavy (non-hydrogen) atoms. The number of alkyl halides is 3. The molecule has 1 spiro atoms. The van der Waals surface area contributed by atoms with Crippen molar-refractivity contribution < 1.29 is 17.9 Å². The Kier molecular flexibility index (Phi) is 6.95. The fraction of sp³-hybridized carbons (Fsp3) is 0.586. The highest BCUT2D eigenvalue weighted by molar-refractivity contribution is 6.01. The summed E-state index contributed by atoms with van der Waals surface area (Å²) in [6, 6.07) is 2.78. The summed E-state index contributed by atoms with van der Waals surface area (Å²) in [5.41, 5.74) is 3.58. The van der Waals surface area contributed by atoms with Crippen molar-refractivity contribution in [3.05, 3.63) is 58.7 Å². The number of pyridine rings is 1. The summed E-state index contributed by atoms with van der Waals surface area (Å²) in [5, 5.41) is 10.7. The van der Waals surface area contributed by atoms with Crippen LogP contribution in [0.3, 0.4) is 0 Å². The SMILES string of the molecule is CC1C=C(c2ccnc(C(F)(F)F)c2)N2N=C(N3CCC4(CCCNC4)CC3)C3=C(COCCN3C)C2=CC1. The van der Waals surface area contributed by atoms with Crippen LogP contribution < -0.4 is 5.32 Å². The Labute approximate surface area is 228 Å². The van der Waals surface area contributed by atoms with E-state index < -0.39 is 11.9 Å². The lowest BCUT2D eigenvalue weighted by molar-refractivity contribution is -0.141. The minimum Gasteiger partial charge on any atom is -0.375 e. The molecule has 2 saturated heterocycles. The standard InChI is InChI=1S/C29H37F3N6O/c1-20-4-5-23-22-18-39-15-14-36(2)26(22)27(37-12-8-28(9-13-37)7-3-10-33-19-28)35-38(23)24(16-20)21-6-11-34-25(17-21)29(30,31)32/h5-6,11,16-17,20,33H,3-4,7-10,12-15,18-19H2,1-2H3. The highest BCUT2D eigenvalue weighted by Gasteiger charge is 2.41. The van der Waals surface area contributed by atoms with Crippen LogP contribution in [0.15, 0.2) is 52.6 Å². The van der Waals surface area contributed by atoms with Gasteiger partial charge in [-0.1, -0.05) is 19.1 Å². The van der Waals surface area contributed by atoms with Gasteiger partial charge < -0.3 is 19.9 Å². The summed E-state index contributed by atoms with van der Waals surface area (Å²) >= 11 is 0. The van der Waals surface area contributed by atoms with Crippen molar-refractivity contribution in [1.29, 1.82) is 0 Å². The van der Waals surface area contributed by atoms with E-state index in [1.54, 1.807) is 6.07 Å². The van der Waals surface area contributed by atoms with Crippen LogP contribution in [0.2, 0.25) is 0 Å². The molecule has 6 rings (SSSR count). The van der Waals surface area contributed by atoms with E-state index in [9.17, 15) is 13.2 Å². The second kappa shape index (κ2) is 10.3. The number of likely N-dealkylation sites (tertiary alicyclic amines) is 1. The zero-order valence-corrected chi connectivity index (χ0v) is 22.7. The van der Waals surface area contributed by atoms with Gasteiger partial charge in [-0.15, -0.1) is 5.10 Å². The summed E-state index contributed by atoms with van der Waals surface area (Å²) in [6.07, 6.45) is 6.36. The number of fused-ring (bicyclic) bond motifs is 2. The van der Waals surface area contributed by atoms with Crippen molar-refractivity contribution in [1.82, 2.24) is 25.1 Å². The van der Waals surface area contributed by atoms with Crippen LogP contribution in [0.1, 0.15) is 50.3 Å². The van der Waals surface area contributed by atoms with E-state index in [4.69, 9.17) is 9.84 Å². The number of allylic oxidation sites excluding steroid dienone is 2. The summed E-state index contributed by atoms with van der Waals surface area (Å²) in [6.45, 7) is 7.87. The van der Waals surface area contributed by atoms with E-state index >= 15 is 0 Å². The number of hydrazone groups is 1. The van der Waals surface area contributed by atoms with E-state index in [0.717, 1.165) is 80.9 Å². The Balaban J connectivity index is 1.42. The summed E-state index contributed by atoms with van der Waals surface area (Å²) in [7, 11) is 2.08. The number of piperidine rings is 2. The van der Waals surface area contributed by atoms with E-state index in [-0.39, 0.29) is 5.92 Å². The monoisotopic (exact) mass is 542 g/mol. The molecule has 1 aromatic rings. The van der Waals surface area contributed by atoms with Crippen molar-refractivity contribution in [2.45, 2.75) is 45.2 Å². The van der Waals surface area contributed by atoms with Gasteiger partial charge in [-0.05, 0) is 62.1 Å². The molecule has 0 bridgehead atoms. The molecule has 6 heterocycles. The average molecular weight is 543 g/mol. The number of halogens is 3. The Hall–Kier alpha value is -2.85. The van der Waals surface area contributed by atoms with Gasteiger partial charge in [0.2, 0.25) is 0 Å². The van der Waals surface area contributed by atoms with Crippen molar-refractivity contribution in [2.24, 2.45) is 16.4 Å². The Bertz CT molecular complexity index is 1220. The van der Waals surface area contributed by atoms with Crippen LogP contribution in [0.4, 0.5) is 13.2 Å². The number of hydrogen-bond donors (Lipinski definition) is 1. The first-order chi connectivity index (χ1) is 18.7. The van der Waals surface area contributed by atoms with Crippen LogP contribution in [0, 0.1) is 11.3 Å². The maximum Gasteiger partial charge on any atom is 0.433 e. The molecule has 1 N–H and O–H groups in total. The number of amidine groups is 1. The number of aromatic nitrogens is 1. The zero-order chi connectivity index (χ0) is 27.2. The minimum atomic E-state index is -4.52. The molecule has 0 saturated carbocycles. The highest BCUT2D eigenvalue weighted by Crippen LogP contribution is 2.42. The molecular weight excluding hydrogens is 505 g/mol. The molecule has 5 aliphatic rings. The van der Waals surface area contributed by atoms with E-state index in [2.05, 4.69) is 40.1 Å². The number of ether oxygens (including phenoxy) is 1. The third-order valence-electron chi connectivity index (χ3n) is 8.81. The minimum absolute atomic E-state index is 0.126. The predicted molar refractivity (Wildman–Crippen MR) is 144 cm³/mol. The van der Waals surface area contributed by atoms with Gasteiger partial charge in [0, 0.05) is 50.6 Å². The Morgan fingerprint density at radius 1 is 1.13 bits per heavy atom. The molecule has 0 amide bonds. The van der Waals surface area contributed by atoms with Gasteiger partial charge in [0.1, 0.15) is 5.69 Å². The molecule has 7 nitrogen and oxygen atoms in total. The first-order valence-corrected chi connectivity index (χ1v) is 14.1. The molecule has 1 aromatic heterocycles. The fourth-order valence-electron chi connectivity index (χ4n) is 6.54. The van der Waals surface area contributed by atoms with Gasteiger partial charge in [-0.25, -0.2) is 5.01 Å². The zero-order valence-electron chi connectivity index (χ0n) is 22.7. The van der Waals surface area contributed by atoms with Gasteiger partial charge in [0.25, 0.3) is 0 Å². The van der Waals surface area contributed by atoms with Gasteiger partial charge in [-0.2, -0.15) is 13.2 Å². The molecule has 1 unspecified atom stereocenters. The lowest BCUT2D eigenvalue weighted by Gasteiger charge is -2.47. The van der Waals surface area contributed by atoms with Crippen molar-refractivity contribution in [2.75, 3.05) is 53.0 Å². The lowest BCUT2D eigenvalue weighted by atomic mass is 9.73. The molecule has 0 aromatic carbocycles. The molecule has 0 aliphatic carbocycles. The predicted octanol–water partition coefficient (Wildman–Crippen LogP) is 4.68. The van der Waals surface area contributed by atoms with Crippen LogP contribution in [0.5, 0.6) is 0 Å². The van der Waals surface area contributed by atoms with Crippen molar-refractivity contribution >= 4 is 11.5 Å². The van der Waals surface area contributed by atoms with Crippen LogP contribution in [-0.4, -0.2) is 78.6 Å². The van der Waals surface area contributed by atoms with E-state index in [1.165, 1.54) is 19.0 Å². The van der Waals surface area contributed by atoms with Crippen molar-refractivity contribution in [3.8, 4) is 0 Å². The van der Waals surface area contributed by atoms with Gasteiger partial charge in [-0.3, -0.25) is 4.98 Å². The number of hydrogen-bond acceptors (Lipinski definition) is 7. The van der Waals surface area contributed by atoms with Gasteiger partial charge in [0.05, 0.1) is 30.3 Å². The maximum absolute atomic E-state index is 13.6. The first kappa shape index (κ1) is 26.4. The van der Waals surface area contributed by atoms with E-state index in [1.807, 2.05) is 11.1 Å². The van der Waals surface area contributed by atoms with Crippen LogP contribution in [0.25, 0.3) is 5.70 Å². The quantitative estimate of drug-likeness (QED) is 0.557. The maximum atomic E-state index is 13.6. The van der Waals surface area contributed by atoms with Gasteiger partial charge >= 0.3 is 6.18 Å². The smallest absolute Gasteiger partial charge is 0.375 e. The number of rotatable bonds is 1.